The Morgan fingerprint density at radius 1 is 1.27 bits per heavy atom. The van der Waals surface area contributed by atoms with E-state index in [1.807, 2.05) is 30.3 Å². The molecule has 122 valence electrons. The Morgan fingerprint density at radius 3 is 2.55 bits per heavy atom. The van der Waals surface area contributed by atoms with E-state index < -0.39 is 36.5 Å². The molecule has 0 saturated carbocycles. The molecule has 2 rings (SSSR count). The number of hydrogen-bond acceptors (Lipinski definition) is 6. The summed E-state index contributed by atoms with van der Waals surface area (Å²) >= 11 is 0. The lowest BCUT2D eigenvalue weighted by Gasteiger charge is -2.42. The maximum Gasteiger partial charge on any atom is 0.303 e. The van der Waals surface area contributed by atoms with Gasteiger partial charge in [0.1, 0.15) is 18.3 Å². The first kappa shape index (κ1) is 16.9. The number of benzene rings is 1. The second kappa shape index (κ2) is 7.69. The molecule has 5 unspecified atom stereocenters. The topological polar surface area (TPSA) is 85.2 Å². The van der Waals surface area contributed by atoms with Gasteiger partial charge < -0.3 is 24.4 Å². The Bertz CT molecular complexity index is 477. The Kier molecular flexibility index (Phi) is 5.90. The third-order valence-corrected chi connectivity index (χ3v) is 3.66. The summed E-state index contributed by atoms with van der Waals surface area (Å²) in [6, 6.07) is 9.55. The molecule has 5 atom stereocenters. The van der Waals surface area contributed by atoms with Gasteiger partial charge in [-0.05, 0) is 12.5 Å². The van der Waals surface area contributed by atoms with Gasteiger partial charge >= 0.3 is 5.97 Å². The van der Waals surface area contributed by atoms with Crippen LogP contribution in [0.1, 0.15) is 19.4 Å². The van der Waals surface area contributed by atoms with Crippen molar-refractivity contribution in [2.45, 2.75) is 51.0 Å². The lowest BCUT2D eigenvalue weighted by molar-refractivity contribution is -0.247. The molecule has 1 aromatic carbocycles. The molecule has 0 bridgehead atoms. The van der Waals surface area contributed by atoms with Crippen LogP contribution >= 0.6 is 0 Å². The van der Waals surface area contributed by atoms with Crippen LogP contribution in [0, 0.1) is 0 Å². The number of hydrogen-bond donors (Lipinski definition) is 2. The molecule has 1 saturated heterocycles. The van der Waals surface area contributed by atoms with E-state index in [2.05, 4.69) is 0 Å². The fourth-order valence-electron chi connectivity index (χ4n) is 2.58. The van der Waals surface area contributed by atoms with E-state index in [1.165, 1.54) is 6.92 Å². The summed E-state index contributed by atoms with van der Waals surface area (Å²) in [7, 11) is 0. The Morgan fingerprint density at radius 2 is 1.95 bits per heavy atom. The number of aliphatic hydroxyl groups excluding tert-OH is 2. The lowest BCUT2D eigenvalue weighted by atomic mass is 9.95. The van der Waals surface area contributed by atoms with Gasteiger partial charge in [0.15, 0.2) is 6.10 Å². The predicted molar refractivity (Wildman–Crippen MR) is 78.0 cm³/mol. The summed E-state index contributed by atoms with van der Waals surface area (Å²) in [5, 5.41) is 19.5. The highest BCUT2D eigenvalue weighted by Gasteiger charge is 2.46. The average Bonchev–Trinajstić information content (AvgIpc) is 2.50. The summed E-state index contributed by atoms with van der Waals surface area (Å²) < 4.78 is 16.6. The minimum atomic E-state index is -1.13. The van der Waals surface area contributed by atoms with Crippen molar-refractivity contribution in [2.24, 2.45) is 0 Å². The van der Waals surface area contributed by atoms with E-state index in [9.17, 15) is 15.0 Å². The van der Waals surface area contributed by atoms with Crippen LogP contribution in [-0.4, -0.2) is 53.3 Å². The van der Waals surface area contributed by atoms with Crippen molar-refractivity contribution in [3.05, 3.63) is 35.9 Å². The molecule has 2 N–H and O–H groups in total. The van der Waals surface area contributed by atoms with Crippen molar-refractivity contribution < 1.29 is 29.2 Å². The smallest absolute Gasteiger partial charge is 0.303 e. The second-order valence-corrected chi connectivity index (χ2v) is 5.39. The SMILES string of the molecule is CC(=O)OC1C(O)C(CO)OC(C)C1OCc1ccccc1. The van der Waals surface area contributed by atoms with Gasteiger partial charge in [0.2, 0.25) is 0 Å². The molecule has 6 nitrogen and oxygen atoms in total. The summed E-state index contributed by atoms with van der Waals surface area (Å²) in [4.78, 5) is 11.3. The third kappa shape index (κ3) is 4.04. The summed E-state index contributed by atoms with van der Waals surface area (Å²) in [5.74, 6) is -0.511. The van der Waals surface area contributed by atoms with Crippen molar-refractivity contribution >= 4 is 5.97 Å². The summed E-state index contributed by atoms with van der Waals surface area (Å²) in [6.45, 7) is 3.00. The quantitative estimate of drug-likeness (QED) is 0.777. The van der Waals surface area contributed by atoms with Gasteiger partial charge in [0.05, 0.1) is 19.3 Å². The molecule has 1 aromatic rings. The van der Waals surface area contributed by atoms with Crippen LogP contribution in [0.2, 0.25) is 0 Å². The number of rotatable bonds is 5. The zero-order valence-corrected chi connectivity index (χ0v) is 12.7. The standard InChI is InChI=1S/C16H22O6/c1-10-15(20-9-12-6-4-3-5-7-12)16(22-11(2)18)14(19)13(8-17)21-10/h3-7,10,13-17,19H,8-9H2,1-2H3. The lowest BCUT2D eigenvalue weighted by Crippen LogP contribution is -2.59. The second-order valence-electron chi connectivity index (χ2n) is 5.39. The van der Waals surface area contributed by atoms with Gasteiger partial charge in [0.25, 0.3) is 0 Å². The van der Waals surface area contributed by atoms with E-state index >= 15 is 0 Å². The third-order valence-electron chi connectivity index (χ3n) is 3.66. The predicted octanol–water partition coefficient (Wildman–Crippen LogP) is 0.644. The van der Waals surface area contributed by atoms with Crippen molar-refractivity contribution in [1.82, 2.24) is 0 Å². The monoisotopic (exact) mass is 310 g/mol. The van der Waals surface area contributed by atoms with E-state index in [4.69, 9.17) is 14.2 Å². The Labute approximate surface area is 129 Å². The Balaban J connectivity index is 2.09. The first-order valence-electron chi connectivity index (χ1n) is 7.30. The number of aliphatic hydroxyl groups is 2. The molecule has 0 radical (unpaired) electrons. The molecular weight excluding hydrogens is 288 g/mol. The van der Waals surface area contributed by atoms with Crippen LogP contribution in [0.15, 0.2) is 30.3 Å². The highest BCUT2D eigenvalue weighted by atomic mass is 16.6. The first-order valence-corrected chi connectivity index (χ1v) is 7.30. The van der Waals surface area contributed by atoms with Crippen LogP contribution in [0.4, 0.5) is 0 Å². The normalized spacial score (nSPS) is 31.7. The zero-order chi connectivity index (χ0) is 16.1. The highest BCUT2D eigenvalue weighted by molar-refractivity contribution is 5.66. The van der Waals surface area contributed by atoms with Crippen LogP contribution in [-0.2, 0) is 25.6 Å². The highest BCUT2D eigenvalue weighted by Crippen LogP contribution is 2.26. The molecule has 0 spiro atoms. The molecule has 0 aliphatic carbocycles. The fourth-order valence-corrected chi connectivity index (χ4v) is 2.58. The Hall–Kier alpha value is -1.47. The van der Waals surface area contributed by atoms with Crippen LogP contribution in [0.3, 0.4) is 0 Å². The molecule has 0 amide bonds. The van der Waals surface area contributed by atoms with Gasteiger partial charge in [-0.15, -0.1) is 0 Å². The van der Waals surface area contributed by atoms with E-state index in [-0.39, 0.29) is 6.61 Å². The molecule has 0 aromatic heterocycles. The summed E-state index contributed by atoms with van der Waals surface area (Å²) in [5.41, 5.74) is 0.968. The van der Waals surface area contributed by atoms with Crippen LogP contribution in [0.5, 0.6) is 0 Å². The number of carbonyl (C=O) groups excluding carboxylic acids is 1. The number of carbonyl (C=O) groups is 1. The molecule has 1 aliphatic heterocycles. The van der Waals surface area contributed by atoms with E-state index in [0.29, 0.717) is 6.61 Å². The van der Waals surface area contributed by atoms with Gasteiger partial charge in [-0.25, -0.2) is 0 Å². The maximum absolute atomic E-state index is 11.3. The van der Waals surface area contributed by atoms with E-state index in [0.717, 1.165) is 5.56 Å². The zero-order valence-electron chi connectivity index (χ0n) is 12.7. The molecule has 1 fully saturated rings. The van der Waals surface area contributed by atoms with Gasteiger partial charge in [-0.1, -0.05) is 30.3 Å². The van der Waals surface area contributed by atoms with E-state index in [1.54, 1.807) is 6.92 Å². The molecule has 22 heavy (non-hydrogen) atoms. The van der Waals surface area contributed by atoms with Crippen molar-refractivity contribution in [1.29, 1.82) is 0 Å². The van der Waals surface area contributed by atoms with Crippen molar-refractivity contribution in [2.75, 3.05) is 6.61 Å². The minimum Gasteiger partial charge on any atom is -0.457 e. The molecule has 1 aliphatic rings. The van der Waals surface area contributed by atoms with Crippen molar-refractivity contribution in [3.63, 3.8) is 0 Å². The largest absolute Gasteiger partial charge is 0.457 e. The molecule has 6 heteroatoms. The van der Waals surface area contributed by atoms with Gasteiger partial charge in [-0.3, -0.25) is 4.79 Å². The van der Waals surface area contributed by atoms with Gasteiger partial charge in [0, 0.05) is 6.92 Å². The molecule has 1 heterocycles. The number of ether oxygens (including phenoxy) is 3. The van der Waals surface area contributed by atoms with Crippen LogP contribution < -0.4 is 0 Å². The van der Waals surface area contributed by atoms with Crippen molar-refractivity contribution in [3.8, 4) is 0 Å². The van der Waals surface area contributed by atoms with Crippen LogP contribution in [0.25, 0.3) is 0 Å². The fraction of sp³-hybridized carbons (Fsp3) is 0.562. The minimum absolute atomic E-state index is 0.313. The number of esters is 1. The first-order chi connectivity index (χ1) is 10.5. The maximum atomic E-state index is 11.3. The molecular formula is C16H22O6. The van der Waals surface area contributed by atoms with Gasteiger partial charge in [-0.2, -0.15) is 0 Å². The summed E-state index contributed by atoms with van der Waals surface area (Å²) in [6.07, 6.45) is -3.83. The average molecular weight is 310 g/mol.